The molecule has 0 radical (unpaired) electrons. The molecule has 0 atom stereocenters. The largest absolute Gasteiger partial charge is 0.485 e. The first kappa shape index (κ1) is 12.5. The normalized spacial score (nSPS) is 12.6. The summed E-state index contributed by atoms with van der Waals surface area (Å²) in [4.78, 5) is 0. The third-order valence-electron chi connectivity index (χ3n) is 1.74. The van der Waals surface area contributed by atoms with Crippen molar-refractivity contribution in [1.29, 1.82) is 0 Å². The lowest BCUT2D eigenvalue weighted by atomic mass is 10.3. The minimum Gasteiger partial charge on any atom is -0.485 e. The predicted octanol–water partition coefficient (Wildman–Crippen LogP) is 2.85. The average Bonchev–Trinajstić information content (AvgIpc) is 2.15. The summed E-state index contributed by atoms with van der Waals surface area (Å²) in [6.45, 7) is -1.79. The van der Waals surface area contributed by atoms with Crippen molar-refractivity contribution in [2.45, 2.75) is 12.1 Å². The molecule has 0 fully saturated rings. The van der Waals surface area contributed by atoms with Gasteiger partial charge in [0.15, 0.2) is 6.61 Å². The fraction of sp³-hybridized carbons (Fsp3) is 0.333. The number of rotatable bonds is 3. The summed E-state index contributed by atoms with van der Waals surface area (Å²) in [6.07, 6.45) is -5.63. The number of hydrogen-bond donors (Lipinski definition) is 1. The van der Waals surface area contributed by atoms with Gasteiger partial charge in [0.05, 0.1) is 5.69 Å². The van der Waals surface area contributed by atoms with Crippen LogP contribution in [0.15, 0.2) is 24.3 Å². The van der Waals surface area contributed by atoms with E-state index in [-0.39, 0.29) is 11.4 Å². The van der Waals surface area contributed by atoms with Crippen LogP contribution in [0.5, 0.6) is 5.75 Å². The molecule has 0 unspecified atom stereocenters. The molecule has 0 aromatic heterocycles. The van der Waals surface area contributed by atoms with Gasteiger partial charge in [0.1, 0.15) is 5.75 Å². The van der Waals surface area contributed by atoms with Gasteiger partial charge in [-0.25, -0.2) is 0 Å². The molecule has 1 aromatic carbocycles. The standard InChI is InChI=1S/C9H8F5NO/c10-8(11,9(12,13)14)5-16-7-4-2-1-3-6(7)15/h1-4H,5,15H2. The molecule has 0 bridgehead atoms. The fourth-order valence-electron chi connectivity index (χ4n) is 0.862. The molecule has 0 amide bonds. The SMILES string of the molecule is Nc1ccccc1OCC(F)(F)C(F)(F)F. The molecule has 0 aliphatic carbocycles. The number of nitrogen functional groups attached to an aromatic ring is 1. The second-order valence-corrected chi connectivity index (χ2v) is 3.03. The highest BCUT2D eigenvalue weighted by molar-refractivity contribution is 5.51. The fourth-order valence-corrected chi connectivity index (χ4v) is 0.862. The third-order valence-corrected chi connectivity index (χ3v) is 1.74. The Balaban J connectivity index is 2.69. The van der Waals surface area contributed by atoms with E-state index in [0.717, 1.165) is 0 Å². The Morgan fingerprint density at radius 1 is 1.06 bits per heavy atom. The van der Waals surface area contributed by atoms with Crippen molar-refractivity contribution in [2.24, 2.45) is 0 Å². The molecule has 0 aliphatic heterocycles. The van der Waals surface area contributed by atoms with Crippen LogP contribution < -0.4 is 10.5 Å². The molecule has 0 spiro atoms. The Morgan fingerprint density at radius 3 is 2.12 bits per heavy atom. The molecule has 16 heavy (non-hydrogen) atoms. The van der Waals surface area contributed by atoms with E-state index in [1.165, 1.54) is 24.3 Å². The Bertz CT molecular complexity index is 363. The van der Waals surface area contributed by atoms with Gasteiger partial charge in [-0.3, -0.25) is 0 Å². The number of hydrogen-bond acceptors (Lipinski definition) is 2. The topological polar surface area (TPSA) is 35.2 Å². The molecule has 1 rings (SSSR count). The molecular formula is C9H8F5NO. The zero-order valence-corrected chi connectivity index (χ0v) is 7.89. The molecular weight excluding hydrogens is 233 g/mol. The summed E-state index contributed by atoms with van der Waals surface area (Å²) in [6, 6.07) is 5.46. The van der Waals surface area contributed by atoms with E-state index in [0.29, 0.717) is 0 Å². The predicted molar refractivity (Wildman–Crippen MR) is 47.4 cm³/mol. The van der Waals surface area contributed by atoms with Gasteiger partial charge in [-0.1, -0.05) is 12.1 Å². The summed E-state index contributed by atoms with van der Waals surface area (Å²) in [5.74, 6) is -5.10. The van der Waals surface area contributed by atoms with Gasteiger partial charge in [0, 0.05) is 0 Å². The van der Waals surface area contributed by atoms with Crippen LogP contribution in [0.1, 0.15) is 0 Å². The van der Waals surface area contributed by atoms with Crippen molar-refractivity contribution in [3.63, 3.8) is 0 Å². The lowest BCUT2D eigenvalue weighted by Crippen LogP contribution is -2.41. The minimum atomic E-state index is -5.63. The number of para-hydroxylation sites is 2. The van der Waals surface area contributed by atoms with Crippen LogP contribution in [0.3, 0.4) is 0 Å². The zero-order valence-electron chi connectivity index (χ0n) is 7.89. The summed E-state index contributed by atoms with van der Waals surface area (Å²) in [5, 5.41) is 0. The van der Waals surface area contributed by atoms with Crippen molar-refractivity contribution in [3.8, 4) is 5.75 Å². The first-order valence-electron chi connectivity index (χ1n) is 4.16. The second-order valence-electron chi connectivity index (χ2n) is 3.03. The molecule has 0 aliphatic rings. The monoisotopic (exact) mass is 241 g/mol. The van der Waals surface area contributed by atoms with E-state index in [9.17, 15) is 22.0 Å². The lowest BCUT2D eigenvalue weighted by Gasteiger charge is -2.20. The molecule has 0 saturated carbocycles. The van der Waals surface area contributed by atoms with Gasteiger partial charge in [-0.05, 0) is 12.1 Å². The maximum Gasteiger partial charge on any atom is 0.456 e. The maximum atomic E-state index is 12.5. The van der Waals surface area contributed by atoms with Crippen LogP contribution in [-0.2, 0) is 0 Å². The molecule has 2 N–H and O–H groups in total. The summed E-state index contributed by atoms with van der Waals surface area (Å²) in [7, 11) is 0. The molecule has 90 valence electrons. The first-order chi connectivity index (χ1) is 7.24. The van der Waals surface area contributed by atoms with E-state index in [2.05, 4.69) is 4.74 Å². The van der Waals surface area contributed by atoms with Crippen LogP contribution >= 0.6 is 0 Å². The zero-order chi connectivity index (χ0) is 12.4. The Labute approximate surface area is 87.8 Å². The summed E-state index contributed by atoms with van der Waals surface area (Å²) in [5.41, 5.74) is 5.31. The third kappa shape index (κ3) is 2.74. The van der Waals surface area contributed by atoms with Crippen LogP contribution in [0, 0.1) is 0 Å². The van der Waals surface area contributed by atoms with Gasteiger partial charge in [0.25, 0.3) is 0 Å². The van der Waals surface area contributed by atoms with Gasteiger partial charge >= 0.3 is 12.1 Å². The van der Waals surface area contributed by atoms with Crippen molar-refractivity contribution < 1.29 is 26.7 Å². The second kappa shape index (κ2) is 4.15. The Morgan fingerprint density at radius 2 is 1.62 bits per heavy atom. The van der Waals surface area contributed by atoms with E-state index in [1.54, 1.807) is 0 Å². The highest BCUT2D eigenvalue weighted by atomic mass is 19.4. The van der Waals surface area contributed by atoms with Crippen LogP contribution in [0.25, 0.3) is 0 Å². The number of benzene rings is 1. The smallest absolute Gasteiger partial charge is 0.456 e. The van der Waals surface area contributed by atoms with Crippen molar-refractivity contribution >= 4 is 5.69 Å². The molecule has 2 nitrogen and oxygen atoms in total. The quantitative estimate of drug-likeness (QED) is 0.652. The number of ether oxygens (including phenoxy) is 1. The molecule has 1 aromatic rings. The highest BCUT2D eigenvalue weighted by Gasteiger charge is 2.58. The van der Waals surface area contributed by atoms with Crippen LogP contribution in [0.2, 0.25) is 0 Å². The maximum absolute atomic E-state index is 12.5. The number of halogens is 5. The van der Waals surface area contributed by atoms with Crippen molar-refractivity contribution in [2.75, 3.05) is 12.3 Å². The van der Waals surface area contributed by atoms with Gasteiger partial charge in [-0.2, -0.15) is 22.0 Å². The Hall–Kier alpha value is -1.53. The number of nitrogens with two attached hydrogens (primary N) is 1. The highest BCUT2D eigenvalue weighted by Crippen LogP contribution is 2.36. The molecule has 0 saturated heterocycles. The van der Waals surface area contributed by atoms with Gasteiger partial charge in [-0.15, -0.1) is 0 Å². The van der Waals surface area contributed by atoms with Crippen LogP contribution in [0.4, 0.5) is 27.6 Å². The van der Waals surface area contributed by atoms with E-state index < -0.39 is 18.7 Å². The van der Waals surface area contributed by atoms with E-state index in [4.69, 9.17) is 5.73 Å². The van der Waals surface area contributed by atoms with E-state index >= 15 is 0 Å². The van der Waals surface area contributed by atoms with Crippen LogP contribution in [-0.4, -0.2) is 18.7 Å². The van der Waals surface area contributed by atoms with Crippen molar-refractivity contribution in [1.82, 2.24) is 0 Å². The van der Waals surface area contributed by atoms with Gasteiger partial charge in [0.2, 0.25) is 0 Å². The number of anilines is 1. The average molecular weight is 241 g/mol. The summed E-state index contributed by atoms with van der Waals surface area (Å²) < 4.78 is 64.6. The van der Waals surface area contributed by atoms with Crippen molar-refractivity contribution in [3.05, 3.63) is 24.3 Å². The Kier molecular flexibility index (Phi) is 3.25. The first-order valence-corrected chi connectivity index (χ1v) is 4.16. The summed E-state index contributed by atoms with van der Waals surface area (Å²) >= 11 is 0. The van der Waals surface area contributed by atoms with E-state index in [1.807, 2.05) is 0 Å². The minimum absolute atomic E-state index is 0.000439. The number of alkyl halides is 5. The molecule has 0 heterocycles. The van der Waals surface area contributed by atoms with Gasteiger partial charge < -0.3 is 10.5 Å². The molecule has 7 heteroatoms. The lowest BCUT2D eigenvalue weighted by molar-refractivity contribution is -0.289.